The lowest BCUT2D eigenvalue weighted by Gasteiger charge is -2.41. The molecule has 0 radical (unpaired) electrons. The number of carbonyl (C=O) groups excluding carboxylic acids is 3. The van der Waals surface area contributed by atoms with Gasteiger partial charge in [0.2, 0.25) is 0 Å². The fourth-order valence-electron chi connectivity index (χ4n) is 2.09. The molecule has 1 aliphatic heterocycles. The summed E-state index contributed by atoms with van der Waals surface area (Å²) < 4.78 is 22.2. The summed E-state index contributed by atoms with van der Waals surface area (Å²) in [6.45, 7) is 15.2. The van der Waals surface area contributed by atoms with Crippen molar-refractivity contribution in [1.82, 2.24) is 0 Å². The normalized spacial score (nSPS) is 26.4. The molecule has 1 fully saturated rings. The van der Waals surface area contributed by atoms with Crippen LogP contribution in [0.25, 0.3) is 0 Å². The molecular weight excluding hydrogens is 366 g/mol. The highest BCUT2D eigenvalue weighted by Gasteiger charge is 2.48. The first-order valence-electron chi connectivity index (χ1n) is 9.45. The Morgan fingerprint density at radius 1 is 0.714 bits per heavy atom. The molecule has 0 aliphatic carbocycles. The van der Waals surface area contributed by atoms with Crippen molar-refractivity contribution in [3.8, 4) is 0 Å². The van der Waals surface area contributed by atoms with Crippen LogP contribution in [-0.4, -0.2) is 49.1 Å². The van der Waals surface area contributed by atoms with Crippen molar-refractivity contribution in [1.29, 1.82) is 0 Å². The highest BCUT2D eigenvalue weighted by molar-refractivity contribution is 5.77. The molecule has 0 aromatic rings. The van der Waals surface area contributed by atoms with Crippen molar-refractivity contribution < 1.29 is 33.3 Å². The van der Waals surface area contributed by atoms with Crippen LogP contribution in [0.5, 0.6) is 0 Å². The van der Waals surface area contributed by atoms with E-state index in [9.17, 15) is 14.4 Å². The third-order valence-corrected chi connectivity index (χ3v) is 4.05. The Labute approximate surface area is 167 Å². The van der Waals surface area contributed by atoms with E-state index in [4.69, 9.17) is 24.7 Å². The summed E-state index contributed by atoms with van der Waals surface area (Å²) in [6.07, 6.45) is -4.15. The Kier molecular flexibility index (Phi) is 7.28. The van der Waals surface area contributed by atoms with Crippen molar-refractivity contribution in [2.45, 2.75) is 86.9 Å². The Hall–Kier alpha value is -1.67. The van der Waals surface area contributed by atoms with Gasteiger partial charge in [-0.25, -0.2) is 0 Å². The molecule has 1 heterocycles. The number of hydrogen-bond acceptors (Lipinski definition) is 8. The van der Waals surface area contributed by atoms with Gasteiger partial charge in [0.25, 0.3) is 0 Å². The maximum Gasteiger partial charge on any atom is 0.311 e. The molecule has 0 bridgehead atoms. The van der Waals surface area contributed by atoms with E-state index in [1.54, 1.807) is 62.3 Å². The van der Waals surface area contributed by atoms with Gasteiger partial charge in [-0.2, -0.15) is 0 Å². The van der Waals surface area contributed by atoms with Crippen LogP contribution >= 0.6 is 0 Å². The predicted octanol–water partition coefficient (Wildman–Crippen LogP) is 2.18. The van der Waals surface area contributed by atoms with E-state index >= 15 is 0 Å². The largest absolute Gasteiger partial charge is 0.455 e. The molecule has 4 atom stereocenters. The Bertz CT molecular complexity index is 595. The van der Waals surface area contributed by atoms with Crippen molar-refractivity contribution in [3.63, 3.8) is 0 Å². The van der Waals surface area contributed by atoms with Gasteiger partial charge in [-0.15, -0.1) is 0 Å². The lowest BCUT2D eigenvalue weighted by molar-refractivity contribution is -0.234. The number of rotatable bonds is 3. The summed E-state index contributed by atoms with van der Waals surface area (Å²) in [4.78, 5) is 37.3. The molecule has 0 amide bonds. The Balaban J connectivity index is 3.18. The van der Waals surface area contributed by atoms with Crippen LogP contribution in [0.2, 0.25) is 0 Å². The minimum Gasteiger partial charge on any atom is -0.455 e. The predicted molar refractivity (Wildman–Crippen MR) is 102 cm³/mol. The second kappa shape index (κ2) is 8.37. The molecule has 1 rings (SSSR count). The zero-order valence-corrected chi connectivity index (χ0v) is 18.5. The average Bonchev–Trinajstić information content (AvgIpc) is 2.49. The second-order valence-corrected chi connectivity index (χ2v) is 10.2. The standard InChI is InChI=1S/C20H35NO7/c1-18(2,3)15(22)26-11-10-25-14(21)13(28-17(24)20(7,8)9)12(11)27-16(23)19(4,5)6/h11-14H,10,21H2,1-9H3. The van der Waals surface area contributed by atoms with E-state index < -0.39 is 58.7 Å². The first kappa shape index (κ1) is 24.4. The summed E-state index contributed by atoms with van der Waals surface area (Å²) in [5.41, 5.74) is 3.62. The van der Waals surface area contributed by atoms with Crippen LogP contribution in [0, 0.1) is 16.2 Å². The number of esters is 3. The average molecular weight is 402 g/mol. The van der Waals surface area contributed by atoms with Gasteiger partial charge < -0.3 is 24.7 Å². The first-order valence-corrected chi connectivity index (χ1v) is 9.45. The molecule has 162 valence electrons. The summed E-state index contributed by atoms with van der Waals surface area (Å²) in [5, 5.41) is 0. The van der Waals surface area contributed by atoms with Crippen LogP contribution in [0.3, 0.4) is 0 Å². The number of nitrogens with two attached hydrogens (primary N) is 1. The smallest absolute Gasteiger partial charge is 0.311 e. The molecule has 1 saturated heterocycles. The quantitative estimate of drug-likeness (QED) is 0.565. The molecule has 8 heteroatoms. The van der Waals surface area contributed by atoms with E-state index in [0.717, 1.165) is 0 Å². The van der Waals surface area contributed by atoms with Crippen molar-refractivity contribution in [2.75, 3.05) is 6.61 Å². The molecule has 0 spiro atoms. The lowest BCUT2D eigenvalue weighted by atomic mass is 9.95. The van der Waals surface area contributed by atoms with Crippen molar-refractivity contribution in [2.24, 2.45) is 22.0 Å². The van der Waals surface area contributed by atoms with Crippen LogP contribution < -0.4 is 5.73 Å². The minimum atomic E-state index is -1.11. The van der Waals surface area contributed by atoms with E-state index in [-0.39, 0.29) is 6.61 Å². The molecular formula is C20H35NO7. The molecule has 0 aromatic heterocycles. The molecule has 28 heavy (non-hydrogen) atoms. The highest BCUT2D eigenvalue weighted by atomic mass is 16.6. The van der Waals surface area contributed by atoms with Crippen LogP contribution in [0.15, 0.2) is 0 Å². The monoisotopic (exact) mass is 401 g/mol. The highest BCUT2D eigenvalue weighted by Crippen LogP contribution is 2.29. The SMILES string of the molecule is CC(C)(C)C(=O)OC1COC(N)C(OC(=O)C(C)(C)C)C1OC(=O)C(C)(C)C. The molecule has 0 aromatic carbocycles. The lowest BCUT2D eigenvalue weighted by Crippen LogP contribution is -2.61. The minimum absolute atomic E-state index is 0.0748. The Morgan fingerprint density at radius 2 is 1.07 bits per heavy atom. The first-order chi connectivity index (χ1) is 12.4. The fourth-order valence-corrected chi connectivity index (χ4v) is 2.09. The molecule has 0 saturated carbocycles. The molecule has 8 nitrogen and oxygen atoms in total. The van der Waals surface area contributed by atoms with Gasteiger partial charge >= 0.3 is 17.9 Å². The van der Waals surface area contributed by atoms with E-state index in [1.807, 2.05) is 0 Å². The maximum atomic E-state index is 12.5. The van der Waals surface area contributed by atoms with Crippen LogP contribution in [0.1, 0.15) is 62.3 Å². The number of carbonyl (C=O) groups is 3. The van der Waals surface area contributed by atoms with Gasteiger partial charge in [-0.1, -0.05) is 0 Å². The summed E-state index contributed by atoms with van der Waals surface area (Å²) in [7, 11) is 0. The number of hydrogen-bond donors (Lipinski definition) is 1. The van der Waals surface area contributed by atoms with Gasteiger partial charge in [0.05, 0.1) is 22.9 Å². The fraction of sp³-hybridized carbons (Fsp3) is 0.850. The molecule has 2 N–H and O–H groups in total. The molecule has 1 aliphatic rings. The van der Waals surface area contributed by atoms with E-state index in [2.05, 4.69) is 0 Å². The summed E-state index contributed by atoms with van der Waals surface area (Å²) in [6, 6.07) is 0. The van der Waals surface area contributed by atoms with Gasteiger partial charge in [0.15, 0.2) is 18.3 Å². The molecule has 4 unspecified atom stereocenters. The summed E-state index contributed by atoms with van der Waals surface area (Å²) >= 11 is 0. The van der Waals surface area contributed by atoms with Gasteiger partial charge in [-0.3, -0.25) is 14.4 Å². The zero-order valence-electron chi connectivity index (χ0n) is 18.5. The van der Waals surface area contributed by atoms with Gasteiger partial charge in [0.1, 0.15) is 6.23 Å². The maximum absolute atomic E-state index is 12.5. The van der Waals surface area contributed by atoms with Crippen molar-refractivity contribution in [3.05, 3.63) is 0 Å². The third-order valence-electron chi connectivity index (χ3n) is 4.05. The van der Waals surface area contributed by atoms with Gasteiger partial charge in [0, 0.05) is 0 Å². The van der Waals surface area contributed by atoms with Crippen molar-refractivity contribution >= 4 is 17.9 Å². The van der Waals surface area contributed by atoms with Crippen LogP contribution in [0.4, 0.5) is 0 Å². The summed E-state index contributed by atoms with van der Waals surface area (Å²) in [5.74, 6) is -1.55. The van der Waals surface area contributed by atoms with E-state index in [0.29, 0.717) is 0 Å². The van der Waals surface area contributed by atoms with Crippen LogP contribution in [-0.2, 0) is 33.3 Å². The Morgan fingerprint density at radius 3 is 1.46 bits per heavy atom. The number of ether oxygens (including phenoxy) is 4. The zero-order chi connectivity index (χ0) is 22.1. The van der Waals surface area contributed by atoms with E-state index in [1.165, 1.54) is 0 Å². The van der Waals surface area contributed by atoms with Gasteiger partial charge in [-0.05, 0) is 62.3 Å². The topological polar surface area (TPSA) is 114 Å². The third kappa shape index (κ3) is 6.44. The second-order valence-electron chi connectivity index (χ2n) is 10.2.